The van der Waals surface area contributed by atoms with Crippen LogP contribution < -0.4 is 4.74 Å². The molecular formula is C21H30O2S. The predicted molar refractivity (Wildman–Crippen MR) is 104 cm³/mol. The summed E-state index contributed by atoms with van der Waals surface area (Å²) in [6.45, 7) is 16.5. The Morgan fingerprint density at radius 3 is 1.96 bits per heavy atom. The summed E-state index contributed by atoms with van der Waals surface area (Å²) in [6, 6.07) is 6.94. The van der Waals surface area contributed by atoms with Gasteiger partial charge in [-0.05, 0) is 34.4 Å². The molecule has 0 amide bonds. The van der Waals surface area contributed by atoms with Crippen LogP contribution in [0.2, 0.25) is 0 Å². The number of thiophene rings is 1. The first kappa shape index (κ1) is 19.0. The minimum Gasteiger partial charge on any atom is -0.466 e. The SMILES string of the molecule is CCOCOc1cscc1-c1cc(C(C)(C)C)cc(C(C)(C)C)c1. The van der Waals surface area contributed by atoms with E-state index in [-0.39, 0.29) is 10.8 Å². The molecule has 0 aliphatic rings. The largest absolute Gasteiger partial charge is 0.466 e. The fourth-order valence-corrected chi connectivity index (χ4v) is 3.22. The molecule has 0 radical (unpaired) electrons. The minimum absolute atomic E-state index is 0.109. The molecule has 0 N–H and O–H groups in total. The van der Waals surface area contributed by atoms with Crippen LogP contribution in [0.15, 0.2) is 29.0 Å². The van der Waals surface area contributed by atoms with Gasteiger partial charge in [0.1, 0.15) is 5.75 Å². The van der Waals surface area contributed by atoms with Gasteiger partial charge in [0.25, 0.3) is 0 Å². The van der Waals surface area contributed by atoms with Crippen LogP contribution in [0.3, 0.4) is 0 Å². The van der Waals surface area contributed by atoms with Gasteiger partial charge >= 0.3 is 0 Å². The average molecular weight is 347 g/mol. The molecule has 2 nitrogen and oxygen atoms in total. The lowest BCUT2D eigenvalue weighted by Crippen LogP contribution is -2.16. The van der Waals surface area contributed by atoms with Crippen molar-refractivity contribution in [1.82, 2.24) is 0 Å². The van der Waals surface area contributed by atoms with Gasteiger partial charge in [0.05, 0.1) is 0 Å². The van der Waals surface area contributed by atoms with E-state index in [0.29, 0.717) is 13.4 Å². The first-order valence-electron chi connectivity index (χ1n) is 8.56. The van der Waals surface area contributed by atoms with E-state index >= 15 is 0 Å². The van der Waals surface area contributed by atoms with E-state index in [0.717, 1.165) is 11.3 Å². The lowest BCUT2D eigenvalue weighted by atomic mass is 9.79. The molecule has 0 saturated heterocycles. The lowest BCUT2D eigenvalue weighted by molar-refractivity contribution is 0.0230. The maximum Gasteiger partial charge on any atom is 0.189 e. The Hall–Kier alpha value is -1.32. The van der Waals surface area contributed by atoms with Gasteiger partial charge in [-0.15, -0.1) is 11.3 Å². The second-order valence-electron chi connectivity index (χ2n) is 8.20. The van der Waals surface area contributed by atoms with Gasteiger partial charge in [-0.3, -0.25) is 0 Å². The fraction of sp³-hybridized carbons (Fsp3) is 0.524. The molecule has 0 spiro atoms. The molecule has 0 unspecified atom stereocenters. The summed E-state index contributed by atoms with van der Waals surface area (Å²) in [7, 11) is 0. The van der Waals surface area contributed by atoms with E-state index in [2.05, 4.69) is 70.5 Å². The van der Waals surface area contributed by atoms with Gasteiger partial charge in [0.15, 0.2) is 6.79 Å². The van der Waals surface area contributed by atoms with E-state index in [9.17, 15) is 0 Å². The van der Waals surface area contributed by atoms with Crippen LogP contribution in [0.25, 0.3) is 11.1 Å². The van der Waals surface area contributed by atoms with Crippen LogP contribution in [-0.2, 0) is 15.6 Å². The molecule has 1 aromatic heterocycles. The number of benzene rings is 1. The molecule has 0 aliphatic heterocycles. The highest BCUT2D eigenvalue weighted by molar-refractivity contribution is 7.08. The van der Waals surface area contributed by atoms with Gasteiger partial charge in [-0.1, -0.05) is 59.7 Å². The topological polar surface area (TPSA) is 18.5 Å². The highest BCUT2D eigenvalue weighted by Gasteiger charge is 2.22. The van der Waals surface area contributed by atoms with Gasteiger partial charge in [0.2, 0.25) is 0 Å². The second kappa shape index (κ2) is 7.28. The normalized spacial score (nSPS) is 12.5. The van der Waals surface area contributed by atoms with E-state index in [4.69, 9.17) is 9.47 Å². The molecule has 24 heavy (non-hydrogen) atoms. The third kappa shape index (κ3) is 4.61. The van der Waals surface area contributed by atoms with Crippen LogP contribution in [0.1, 0.15) is 59.6 Å². The molecule has 1 heterocycles. The van der Waals surface area contributed by atoms with E-state index in [1.54, 1.807) is 11.3 Å². The Morgan fingerprint density at radius 2 is 1.46 bits per heavy atom. The van der Waals surface area contributed by atoms with Gasteiger partial charge in [-0.2, -0.15) is 0 Å². The first-order valence-corrected chi connectivity index (χ1v) is 9.50. The molecule has 132 valence electrons. The van der Waals surface area contributed by atoms with Crippen LogP contribution in [0.4, 0.5) is 0 Å². The number of rotatable bonds is 5. The van der Waals surface area contributed by atoms with Crippen molar-refractivity contribution in [2.45, 2.75) is 59.3 Å². The average Bonchev–Trinajstić information content (AvgIpc) is 2.94. The number of ether oxygens (including phenoxy) is 2. The summed E-state index contributed by atoms with van der Waals surface area (Å²) in [5.74, 6) is 0.902. The van der Waals surface area contributed by atoms with Crippen molar-refractivity contribution in [3.05, 3.63) is 40.1 Å². The molecule has 2 rings (SSSR count). The summed E-state index contributed by atoms with van der Waals surface area (Å²) >= 11 is 1.67. The molecular weight excluding hydrogens is 316 g/mol. The smallest absolute Gasteiger partial charge is 0.189 e. The van der Waals surface area contributed by atoms with Gasteiger partial charge in [0, 0.05) is 22.9 Å². The van der Waals surface area contributed by atoms with Crippen LogP contribution in [-0.4, -0.2) is 13.4 Å². The molecule has 0 fully saturated rings. The highest BCUT2D eigenvalue weighted by Crippen LogP contribution is 2.38. The first-order chi connectivity index (χ1) is 11.1. The van der Waals surface area contributed by atoms with Crippen molar-refractivity contribution in [3.63, 3.8) is 0 Å². The van der Waals surface area contributed by atoms with Crippen LogP contribution in [0.5, 0.6) is 5.75 Å². The van der Waals surface area contributed by atoms with Crippen molar-refractivity contribution in [3.8, 4) is 16.9 Å². The van der Waals surface area contributed by atoms with Crippen molar-refractivity contribution < 1.29 is 9.47 Å². The highest BCUT2D eigenvalue weighted by atomic mass is 32.1. The van der Waals surface area contributed by atoms with Crippen LogP contribution >= 0.6 is 11.3 Å². The number of hydrogen-bond donors (Lipinski definition) is 0. The third-order valence-corrected chi connectivity index (χ3v) is 4.83. The Bertz CT molecular complexity index is 640. The minimum atomic E-state index is 0.109. The molecule has 1 aromatic carbocycles. The lowest BCUT2D eigenvalue weighted by Gasteiger charge is -2.26. The summed E-state index contributed by atoms with van der Waals surface area (Å²) in [5.41, 5.74) is 5.30. The third-order valence-electron chi connectivity index (χ3n) is 4.10. The molecule has 0 atom stereocenters. The summed E-state index contributed by atoms with van der Waals surface area (Å²) in [4.78, 5) is 0. The predicted octanol–water partition coefficient (Wildman–Crippen LogP) is 6.38. The van der Waals surface area contributed by atoms with E-state index in [1.807, 2.05) is 6.92 Å². The zero-order chi connectivity index (χ0) is 18.0. The quantitative estimate of drug-likeness (QED) is 0.462. The van der Waals surface area contributed by atoms with Crippen molar-refractivity contribution in [2.24, 2.45) is 0 Å². The van der Waals surface area contributed by atoms with E-state index in [1.165, 1.54) is 16.7 Å². The van der Waals surface area contributed by atoms with Gasteiger partial charge in [-0.25, -0.2) is 0 Å². The Balaban J connectivity index is 2.49. The van der Waals surface area contributed by atoms with Crippen molar-refractivity contribution in [2.75, 3.05) is 13.4 Å². The maximum absolute atomic E-state index is 5.81. The monoisotopic (exact) mass is 346 g/mol. The Labute approximate surface area is 150 Å². The van der Waals surface area contributed by atoms with Crippen molar-refractivity contribution in [1.29, 1.82) is 0 Å². The fourth-order valence-electron chi connectivity index (χ4n) is 2.45. The second-order valence-corrected chi connectivity index (χ2v) is 8.95. The van der Waals surface area contributed by atoms with Crippen molar-refractivity contribution >= 4 is 11.3 Å². The zero-order valence-corrected chi connectivity index (χ0v) is 16.8. The Kier molecular flexibility index (Phi) is 5.77. The maximum atomic E-state index is 5.81. The summed E-state index contributed by atoms with van der Waals surface area (Å²) < 4.78 is 11.1. The summed E-state index contributed by atoms with van der Waals surface area (Å²) in [5, 5.41) is 4.21. The number of hydrogen-bond acceptors (Lipinski definition) is 3. The van der Waals surface area contributed by atoms with E-state index < -0.39 is 0 Å². The molecule has 2 aromatic rings. The van der Waals surface area contributed by atoms with Gasteiger partial charge < -0.3 is 9.47 Å². The molecule has 0 saturated carbocycles. The standard InChI is InChI=1S/C21H30O2S/c1-8-22-14-23-19-13-24-12-18(19)15-9-16(20(2,3)4)11-17(10-15)21(5,6)7/h9-13H,8,14H2,1-7H3. The Morgan fingerprint density at radius 1 is 0.875 bits per heavy atom. The molecule has 0 bridgehead atoms. The molecule has 0 aliphatic carbocycles. The van der Waals surface area contributed by atoms with Crippen LogP contribution in [0, 0.1) is 0 Å². The molecule has 3 heteroatoms. The zero-order valence-electron chi connectivity index (χ0n) is 16.0. The summed E-state index contributed by atoms with van der Waals surface area (Å²) in [6.07, 6.45) is 0.